The van der Waals surface area contributed by atoms with Gasteiger partial charge in [0.2, 0.25) is 0 Å². The Morgan fingerprint density at radius 2 is 1.56 bits per heavy atom. The number of carbonyl (C=O) groups is 2. The first-order valence-corrected chi connectivity index (χ1v) is 8.86. The molecule has 2 aromatic carbocycles. The maximum atomic E-state index is 12.4. The molecule has 1 unspecified atom stereocenters. The molecule has 144 valence electrons. The van der Waals surface area contributed by atoms with E-state index in [2.05, 4.69) is 36.7 Å². The molecule has 0 bridgehead atoms. The van der Waals surface area contributed by atoms with Crippen molar-refractivity contribution in [3.63, 3.8) is 0 Å². The molecule has 0 radical (unpaired) electrons. The number of anilines is 2. The van der Waals surface area contributed by atoms with Crippen LogP contribution in [0.5, 0.6) is 5.75 Å². The van der Waals surface area contributed by atoms with Gasteiger partial charge in [0.25, 0.3) is 5.91 Å². The normalized spacial score (nSPS) is 12.0. The van der Waals surface area contributed by atoms with Crippen LogP contribution in [0, 0.1) is 0 Å². The van der Waals surface area contributed by atoms with E-state index in [0.717, 1.165) is 0 Å². The summed E-state index contributed by atoms with van der Waals surface area (Å²) in [5.74, 6) is 0.368. The van der Waals surface area contributed by atoms with Crippen molar-refractivity contribution in [1.82, 2.24) is 5.32 Å². The molecule has 6 nitrogen and oxygen atoms in total. The fraction of sp³-hybridized carbons (Fsp3) is 0.333. The van der Waals surface area contributed by atoms with Crippen LogP contribution < -0.4 is 20.7 Å². The van der Waals surface area contributed by atoms with Crippen molar-refractivity contribution in [2.24, 2.45) is 0 Å². The average Bonchev–Trinajstić information content (AvgIpc) is 2.61. The Morgan fingerprint density at radius 1 is 0.963 bits per heavy atom. The molecule has 0 aliphatic heterocycles. The molecule has 0 saturated heterocycles. The third kappa shape index (κ3) is 6.02. The van der Waals surface area contributed by atoms with E-state index in [1.54, 1.807) is 31.2 Å². The van der Waals surface area contributed by atoms with Gasteiger partial charge >= 0.3 is 6.03 Å². The van der Waals surface area contributed by atoms with Gasteiger partial charge in [-0.1, -0.05) is 39.0 Å². The molecular weight excluding hydrogens is 342 g/mol. The summed E-state index contributed by atoms with van der Waals surface area (Å²) in [4.78, 5) is 23.8. The number of nitrogens with one attached hydrogen (secondary N) is 3. The van der Waals surface area contributed by atoms with Gasteiger partial charge in [0, 0.05) is 18.4 Å². The maximum absolute atomic E-state index is 12.4. The van der Waals surface area contributed by atoms with Gasteiger partial charge in [-0.2, -0.15) is 0 Å². The van der Waals surface area contributed by atoms with Crippen LogP contribution >= 0.6 is 0 Å². The van der Waals surface area contributed by atoms with Crippen molar-refractivity contribution < 1.29 is 14.3 Å². The number of ether oxygens (including phenoxy) is 1. The van der Waals surface area contributed by atoms with Gasteiger partial charge in [-0.05, 0) is 48.2 Å². The third-order valence-corrected chi connectivity index (χ3v) is 4.02. The Kier molecular flexibility index (Phi) is 6.45. The van der Waals surface area contributed by atoms with E-state index in [9.17, 15) is 9.59 Å². The quantitative estimate of drug-likeness (QED) is 0.741. The van der Waals surface area contributed by atoms with Crippen LogP contribution in [-0.2, 0) is 10.2 Å². The lowest BCUT2D eigenvalue weighted by molar-refractivity contribution is -0.122. The van der Waals surface area contributed by atoms with Crippen molar-refractivity contribution in [1.29, 1.82) is 0 Å². The summed E-state index contributed by atoms with van der Waals surface area (Å²) in [7, 11) is 1.54. The van der Waals surface area contributed by atoms with E-state index in [4.69, 9.17) is 4.74 Å². The molecule has 0 fully saturated rings. The van der Waals surface area contributed by atoms with E-state index in [0.29, 0.717) is 17.1 Å². The molecular formula is C21H27N3O3. The number of hydrogen-bond acceptors (Lipinski definition) is 3. The molecule has 0 aliphatic carbocycles. The highest BCUT2D eigenvalue weighted by atomic mass is 16.5. The molecule has 0 aromatic heterocycles. The van der Waals surface area contributed by atoms with Gasteiger partial charge in [-0.25, -0.2) is 4.79 Å². The van der Waals surface area contributed by atoms with Crippen LogP contribution in [0.3, 0.4) is 0 Å². The summed E-state index contributed by atoms with van der Waals surface area (Å²) in [6.45, 7) is 8.13. The number of amides is 3. The van der Waals surface area contributed by atoms with Crippen LogP contribution in [0.15, 0.2) is 48.5 Å². The summed E-state index contributed by atoms with van der Waals surface area (Å²) in [5.41, 5.74) is 2.42. The molecule has 27 heavy (non-hydrogen) atoms. The van der Waals surface area contributed by atoms with Gasteiger partial charge in [0.15, 0.2) is 6.10 Å². The van der Waals surface area contributed by atoms with Crippen molar-refractivity contribution in [2.75, 3.05) is 17.7 Å². The molecule has 0 heterocycles. The van der Waals surface area contributed by atoms with Gasteiger partial charge in [0.05, 0.1) is 0 Å². The third-order valence-electron chi connectivity index (χ3n) is 4.02. The van der Waals surface area contributed by atoms with Crippen molar-refractivity contribution in [3.8, 4) is 5.75 Å². The van der Waals surface area contributed by atoms with Gasteiger partial charge in [-0.15, -0.1) is 0 Å². The highest BCUT2D eigenvalue weighted by Crippen LogP contribution is 2.25. The van der Waals surface area contributed by atoms with E-state index in [-0.39, 0.29) is 17.4 Å². The number of rotatable bonds is 5. The van der Waals surface area contributed by atoms with Crippen molar-refractivity contribution in [2.45, 2.75) is 39.2 Å². The first-order chi connectivity index (χ1) is 12.7. The Labute approximate surface area is 160 Å². The second kappa shape index (κ2) is 8.58. The number of benzene rings is 2. The summed E-state index contributed by atoms with van der Waals surface area (Å²) in [6.07, 6.45) is -0.666. The lowest BCUT2D eigenvalue weighted by atomic mass is 9.87. The minimum Gasteiger partial charge on any atom is -0.481 e. The predicted octanol–water partition coefficient (Wildman–Crippen LogP) is 4.14. The van der Waals surface area contributed by atoms with Crippen LogP contribution in [0.25, 0.3) is 0 Å². The molecule has 6 heteroatoms. The highest BCUT2D eigenvalue weighted by molar-refractivity contribution is 5.95. The fourth-order valence-electron chi connectivity index (χ4n) is 2.40. The van der Waals surface area contributed by atoms with Gasteiger partial charge in [-0.3, -0.25) is 4.79 Å². The van der Waals surface area contributed by atoms with Crippen molar-refractivity contribution in [3.05, 3.63) is 54.1 Å². The topological polar surface area (TPSA) is 79.5 Å². The molecule has 0 saturated carbocycles. The van der Waals surface area contributed by atoms with Crippen LogP contribution in [0.4, 0.5) is 16.2 Å². The minimum absolute atomic E-state index is 0.0647. The molecule has 1 atom stereocenters. The maximum Gasteiger partial charge on any atom is 0.318 e. The second-order valence-corrected chi connectivity index (χ2v) is 7.31. The molecule has 2 aromatic rings. The highest BCUT2D eigenvalue weighted by Gasteiger charge is 2.17. The summed E-state index contributed by atoms with van der Waals surface area (Å²) < 4.78 is 5.74. The number of hydrogen-bond donors (Lipinski definition) is 3. The van der Waals surface area contributed by atoms with Crippen LogP contribution in [0.1, 0.15) is 33.3 Å². The lowest BCUT2D eigenvalue weighted by Gasteiger charge is -2.20. The van der Waals surface area contributed by atoms with Crippen LogP contribution in [-0.4, -0.2) is 25.1 Å². The first kappa shape index (κ1) is 20.3. The monoisotopic (exact) mass is 369 g/mol. The zero-order chi connectivity index (χ0) is 20.0. The molecule has 3 N–H and O–H groups in total. The average molecular weight is 369 g/mol. The van der Waals surface area contributed by atoms with E-state index >= 15 is 0 Å². The lowest BCUT2D eigenvalue weighted by Crippen LogP contribution is -2.30. The van der Waals surface area contributed by atoms with Crippen molar-refractivity contribution >= 4 is 23.3 Å². The summed E-state index contributed by atoms with van der Waals surface area (Å²) in [6, 6.07) is 14.3. The molecule has 2 rings (SSSR count). The van der Waals surface area contributed by atoms with E-state index in [1.807, 2.05) is 24.3 Å². The largest absolute Gasteiger partial charge is 0.481 e. The smallest absolute Gasteiger partial charge is 0.318 e. The van der Waals surface area contributed by atoms with E-state index < -0.39 is 6.10 Å². The molecule has 0 aliphatic rings. The Hall–Kier alpha value is -3.02. The molecule has 3 amide bonds. The summed E-state index contributed by atoms with van der Waals surface area (Å²) in [5, 5.41) is 7.93. The Bertz CT molecular complexity index is 795. The van der Waals surface area contributed by atoms with E-state index in [1.165, 1.54) is 12.6 Å². The number of urea groups is 1. The number of carbonyl (C=O) groups excluding carboxylic acids is 2. The Morgan fingerprint density at radius 3 is 2.11 bits per heavy atom. The van der Waals surface area contributed by atoms with Crippen LogP contribution in [0.2, 0.25) is 0 Å². The minimum atomic E-state index is -0.666. The van der Waals surface area contributed by atoms with Gasteiger partial charge in [0.1, 0.15) is 5.75 Å². The Balaban J connectivity index is 1.97. The van der Waals surface area contributed by atoms with Gasteiger partial charge < -0.3 is 20.7 Å². The standard InChI is InChI=1S/C21H27N3O3/c1-14(27-18-11-9-15(10-12-18)21(2,3)4)19(25)23-16-7-6-8-17(13-16)24-20(26)22-5/h6-14H,1-5H3,(H,23,25)(H2,22,24,26). The summed E-state index contributed by atoms with van der Waals surface area (Å²) >= 11 is 0. The predicted molar refractivity (Wildman–Crippen MR) is 108 cm³/mol. The zero-order valence-corrected chi connectivity index (χ0v) is 16.4. The fourth-order valence-corrected chi connectivity index (χ4v) is 2.40. The molecule has 0 spiro atoms. The second-order valence-electron chi connectivity index (χ2n) is 7.31. The first-order valence-electron chi connectivity index (χ1n) is 8.86. The SMILES string of the molecule is CNC(=O)Nc1cccc(NC(=O)C(C)Oc2ccc(C(C)(C)C)cc2)c1. The zero-order valence-electron chi connectivity index (χ0n) is 16.4.